The molecule has 2 N–H and O–H groups in total. The first kappa shape index (κ1) is 15.6. The maximum atomic E-state index is 12.6. The van der Waals surface area contributed by atoms with Crippen LogP contribution in [-0.4, -0.2) is 24.0 Å². The summed E-state index contributed by atoms with van der Waals surface area (Å²) in [6, 6.07) is 0. The minimum Gasteiger partial charge on any atom is -0.317 e. The van der Waals surface area contributed by atoms with E-state index in [0.29, 0.717) is 5.41 Å². The smallest absolute Gasteiger partial charge is 0.229 e. The number of carbonyl (C=O) groups is 1. The quantitative estimate of drug-likeness (QED) is 0.888. The van der Waals surface area contributed by atoms with Crippen LogP contribution in [-0.2, 0) is 17.6 Å². The van der Waals surface area contributed by atoms with Crippen LogP contribution in [0, 0.1) is 17.3 Å². The largest absolute Gasteiger partial charge is 0.317 e. The predicted molar refractivity (Wildman–Crippen MR) is 93.8 cm³/mol. The first-order valence-electron chi connectivity index (χ1n) is 9.20. The Labute approximate surface area is 142 Å². The number of hydrogen-bond acceptors (Lipinski definition) is 4. The fourth-order valence-electron chi connectivity index (χ4n) is 4.54. The van der Waals surface area contributed by atoms with Gasteiger partial charge in [-0.1, -0.05) is 19.8 Å². The lowest BCUT2D eigenvalue weighted by Gasteiger charge is -2.22. The van der Waals surface area contributed by atoms with Crippen LogP contribution in [0.3, 0.4) is 0 Å². The lowest BCUT2D eigenvalue weighted by molar-refractivity contribution is -0.118. The highest BCUT2D eigenvalue weighted by Gasteiger charge is 2.57. The number of aryl methyl sites for hydroxylation is 1. The molecule has 1 aromatic heterocycles. The molecule has 0 bridgehead atoms. The Morgan fingerprint density at radius 1 is 1.43 bits per heavy atom. The van der Waals surface area contributed by atoms with E-state index in [-0.39, 0.29) is 11.8 Å². The summed E-state index contributed by atoms with van der Waals surface area (Å²) in [7, 11) is 0. The summed E-state index contributed by atoms with van der Waals surface area (Å²) >= 11 is 1.72. The van der Waals surface area contributed by atoms with Gasteiger partial charge in [-0.25, -0.2) is 4.98 Å². The van der Waals surface area contributed by atoms with Gasteiger partial charge in [0.25, 0.3) is 0 Å². The van der Waals surface area contributed by atoms with Crippen LogP contribution in [0.5, 0.6) is 0 Å². The molecule has 1 saturated carbocycles. The molecule has 2 atom stereocenters. The average molecular weight is 334 g/mol. The van der Waals surface area contributed by atoms with Gasteiger partial charge < -0.3 is 10.6 Å². The third-order valence-electron chi connectivity index (χ3n) is 6.07. The number of anilines is 1. The maximum Gasteiger partial charge on any atom is 0.229 e. The number of nitrogens with zero attached hydrogens (tertiary/aromatic N) is 1. The standard InChI is InChI=1S/C18H27N3OS/c1-2-3-12-4-5-14-15(10-12)23-17(20-14)21-16(22)13-11-18(13)6-8-19-9-7-18/h12-13,19H,2-11H2,1H3,(H,20,21,22). The summed E-state index contributed by atoms with van der Waals surface area (Å²) < 4.78 is 0. The fourth-order valence-corrected chi connectivity index (χ4v) is 5.66. The van der Waals surface area contributed by atoms with Gasteiger partial charge in [0.2, 0.25) is 5.91 Å². The molecule has 4 rings (SSSR count). The fraction of sp³-hybridized carbons (Fsp3) is 0.778. The Balaban J connectivity index is 1.38. The number of rotatable bonds is 4. The number of thiazole rings is 1. The molecule has 2 heterocycles. The molecule has 1 spiro atoms. The van der Waals surface area contributed by atoms with E-state index in [1.54, 1.807) is 11.3 Å². The van der Waals surface area contributed by atoms with Crippen molar-refractivity contribution >= 4 is 22.4 Å². The van der Waals surface area contributed by atoms with Crippen molar-refractivity contribution in [1.29, 1.82) is 0 Å². The molecule has 1 aliphatic heterocycles. The molecule has 2 aliphatic carbocycles. The third-order valence-corrected chi connectivity index (χ3v) is 7.11. The highest BCUT2D eigenvalue weighted by molar-refractivity contribution is 7.15. The summed E-state index contributed by atoms with van der Waals surface area (Å²) in [5, 5.41) is 7.36. The maximum absolute atomic E-state index is 12.6. The molecule has 0 radical (unpaired) electrons. The summed E-state index contributed by atoms with van der Waals surface area (Å²) in [5.74, 6) is 1.25. The molecule has 3 aliphatic rings. The normalized spacial score (nSPS) is 28.4. The van der Waals surface area contributed by atoms with Crippen molar-refractivity contribution in [3.05, 3.63) is 10.6 Å². The number of fused-ring (bicyclic) bond motifs is 1. The molecule has 2 fully saturated rings. The van der Waals surface area contributed by atoms with E-state index in [2.05, 4.69) is 17.6 Å². The van der Waals surface area contributed by atoms with Crippen molar-refractivity contribution in [2.24, 2.45) is 17.3 Å². The number of hydrogen-bond donors (Lipinski definition) is 2. The van der Waals surface area contributed by atoms with Gasteiger partial charge in [-0.05, 0) is 62.9 Å². The molecule has 4 nitrogen and oxygen atoms in total. The second kappa shape index (κ2) is 6.17. The van der Waals surface area contributed by atoms with E-state index in [9.17, 15) is 4.79 Å². The lowest BCUT2D eigenvalue weighted by Crippen LogP contribution is -2.31. The van der Waals surface area contributed by atoms with Crippen molar-refractivity contribution < 1.29 is 4.79 Å². The van der Waals surface area contributed by atoms with Crippen LogP contribution in [0.15, 0.2) is 0 Å². The Bertz CT molecular complexity index is 591. The van der Waals surface area contributed by atoms with Crippen LogP contribution >= 0.6 is 11.3 Å². The SMILES string of the molecule is CCCC1CCc2nc(NC(=O)C3CC34CCNCC4)sc2C1. The summed E-state index contributed by atoms with van der Waals surface area (Å²) in [5.41, 5.74) is 1.54. The van der Waals surface area contributed by atoms with Crippen LogP contribution in [0.25, 0.3) is 0 Å². The van der Waals surface area contributed by atoms with Gasteiger partial charge >= 0.3 is 0 Å². The molecule has 126 valence electrons. The van der Waals surface area contributed by atoms with Crippen molar-refractivity contribution in [2.45, 2.75) is 58.3 Å². The molecule has 1 amide bonds. The van der Waals surface area contributed by atoms with Gasteiger partial charge in [-0.3, -0.25) is 4.79 Å². The van der Waals surface area contributed by atoms with Crippen LogP contribution in [0.4, 0.5) is 5.13 Å². The molecule has 5 heteroatoms. The third kappa shape index (κ3) is 3.05. The van der Waals surface area contributed by atoms with Crippen molar-refractivity contribution in [2.75, 3.05) is 18.4 Å². The first-order valence-corrected chi connectivity index (χ1v) is 10.0. The number of aromatic nitrogens is 1. The number of amides is 1. The molecule has 0 aromatic carbocycles. The van der Waals surface area contributed by atoms with Crippen molar-refractivity contribution in [3.8, 4) is 0 Å². The van der Waals surface area contributed by atoms with Gasteiger partial charge in [0.15, 0.2) is 5.13 Å². The Kier molecular flexibility index (Phi) is 4.18. The molecular formula is C18H27N3OS. The summed E-state index contributed by atoms with van der Waals surface area (Å²) in [4.78, 5) is 18.7. The van der Waals surface area contributed by atoms with E-state index >= 15 is 0 Å². The molecule has 23 heavy (non-hydrogen) atoms. The van der Waals surface area contributed by atoms with E-state index < -0.39 is 0 Å². The van der Waals surface area contributed by atoms with Gasteiger partial charge in [0.1, 0.15) is 0 Å². The van der Waals surface area contributed by atoms with Crippen LogP contribution in [0.1, 0.15) is 56.0 Å². The minimum atomic E-state index is 0.211. The van der Waals surface area contributed by atoms with E-state index in [0.717, 1.165) is 56.2 Å². The number of nitrogens with one attached hydrogen (secondary N) is 2. The molecule has 1 aromatic rings. The minimum absolute atomic E-state index is 0.211. The van der Waals surface area contributed by atoms with Gasteiger partial charge in [-0.15, -0.1) is 11.3 Å². The predicted octanol–water partition coefficient (Wildman–Crippen LogP) is 3.38. The van der Waals surface area contributed by atoms with Gasteiger partial charge in [0, 0.05) is 10.8 Å². The van der Waals surface area contributed by atoms with Crippen LogP contribution in [0.2, 0.25) is 0 Å². The second-order valence-corrected chi connectivity index (χ2v) is 8.73. The average Bonchev–Trinajstić information content (AvgIpc) is 3.08. The van der Waals surface area contributed by atoms with Crippen molar-refractivity contribution in [1.82, 2.24) is 10.3 Å². The lowest BCUT2D eigenvalue weighted by atomic mass is 9.88. The second-order valence-electron chi connectivity index (χ2n) is 7.64. The monoisotopic (exact) mass is 333 g/mol. The summed E-state index contributed by atoms with van der Waals surface area (Å²) in [6.07, 6.45) is 9.47. The Hall–Kier alpha value is -0.940. The van der Waals surface area contributed by atoms with E-state index in [1.807, 2.05) is 0 Å². The Morgan fingerprint density at radius 2 is 2.26 bits per heavy atom. The zero-order chi connectivity index (χ0) is 15.9. The molecule has 1 saturated heterocycles. The van der Waals surface area contributed by atoms with Gasteiger partial charge in [0.05, 0.1) is 5.69 Å². The zero-order valence-corrected chi connectivity index (χ0v) is 14.8. The Morgan fingerprint density at radius 3 is 3.04 bits per heavy atom. The number of carbonyl (C=O) groups excluding carboxylic acids is 1. The topological polar surface area (TPSA) is 54.0 Å². The molecule has 2 unspecified atom stereocenters. The van der Waals surface area contributed by atoms with Crippen molar-refractivity contribution in [3.63, 3.8) is 0 Å². The first-order chi connectivity index (χ1) is 11.2. The zero-order valence-electron chi connectivity index (χ0n) is 14.0. The van der Waals surface area contributed by atoms with Crippen LogP contribution < -0.4 is 10.6 Å². The molecular weight excluding hydrogens is 306 g/mol. The number of piperidine rings is 1. The summed E-state index contributed by atoms with van der Waals surface area (Å²) in [6.45, 7) is 4.39. The van der Waals surface area contributed by atoms with E-state index in [4.69, 9.17) is 4.98 Å². The highest BCUT2D eigenvalue weighted by Crippen LogP contribution is 2.58. The highest BCUT2D eigenvalue weighted by atomic mass is 32.1. The van der Waals surface area contributed by atoms with Gasteiger partial charge in [-0.2, -0.15) is 0 Å². The van der Waals surface area contributed by atoms with E-state index in [1.165, 1.54) is 29.8 Å².